The lowest BCUT2D eigenvalue weighted by Gasteiger charge is -2.03. The Hall–Kier alpha value is -0.890. The van der Waals surface area contributed by atoms with Gasteiger partial charge in [-0.3, -0.25) is 4.79 Å². The number of aliphatic hydroxyl groups is 1. The molecule has 2 nitrogen and oxygen atoms in total. The van der Waals surface area contributed by atoms with Crippen LogP contribution in [0.3, 0.4) is 0 Å². The maximum absolute atomic E-state index is 9.93. The van der Waals surface area contributed by atoms with E-state index in [-0.39, 0.29) is 5.57 Å². The van der Waals surface area contributed by atoms with Gasteiger partial charge in [-0.1, -0.05) is 12.7 Å². The Morgan fingerprint density at radius 3 is 2.67 bits per heavy atom. The average molecular weight is 126 g/mol. The Balaban J connectivity index is 3.71. The topological polar surface area (TPSA) is 37.3 Å². The van der Waals surface area contributed by atoms with Gasteiger partial charge in [0.1, 0.15) is 6.29 Å². The van der Waals surface area contributed by atoms with Crippen molar-refractivity contribution < 1.29 is 9.90 Å². The molecule has 9 heavy (non-hydrogen) atoms. The van der Waals surface area contributed by atoms with Crippen molar-refractivity contribution in [1.29, 1.82) is 0 Å². The largest absolute Gasteiger partial charge is 0.388 e. The fourth-order valence-electron chi connectivity index (χ4n) is 0.388. The van der Waals surface area contributed by atoms with Crippen LogP contribution in [0.2, 0.25) is 0 Å². The summed E-state index contributed by atoms with van der Waals surface area (Å²) in [5.41, 5.74) is 0.204. The summed E-state index contributed by atoms with van der Waals surface area (Å²) in [6.07, 6.45) is 1.73. The first kappa shape index (κ1) is 8.11. The van der Waals surface area contributed by atoms with Crippen LogP contribution < -0.4 is 0 Å². The minimum atomic E-state index is -0.750. The molecule has 0 amide bonds. The Kier molecular flexibility index (Phi) is 3.64. The van der Waals surface area contributed by atoms with Gasteiger partial charge in [0.05, 0.1) is 6.10 Å². The van der Waals surface area contributed by atoms with Gasteiger partial charge in [-0.2, -0.15) is 0 Å². The number of hydrogen-bond acceptors (Lipinski definition) is 2. The van der Waals surface area contributed by atoms with Gasteiger partial charge in [0.15, 0.2) is 0 Å². The van der Waals surface area contributed by atoms with E-state index in [9.17, 15) is 4.79 Å². The molecule has 1 atom stereocenters. The number of rotatable bonds is 4. The Labute approximate surface area is 54.5 Å². The second-order valence-corrected chi connectivity index (χ2v) is 1.73. The smallest absolute Gasteiger partial charge is 0.148 e. The number of aldehydes is 1. The van der Waals surface area contributed by atoms with Crippen LogP contribution in [-0.2, 0) is 4.79 Å². The van der Waals surface area contributed by atoms with Gasteiger partial charge in [0, 0.05) is 5.57 Å². The Bertz CT molecular complexity index is 127. The molecule has 0 aromatic heterocycles. The number of carbonyl (C=O) groups excluding carboxylic acids is 1. The molecule has 0 aromatic rings. The third-order valence-electron chi connectivity index (χ3n) is 0.969. The van der Waals surface area contributed by atoms with Gasteiger partial charge in [-0.15, -0.1) is 6.58 Å². The molecule has 0 aliphatic heterocycles. The fourth-order valence-corrected chi connectivity index (χ4v) is 0.388. The van der Waals surface area contributed by atoms with E-state index in [0.717, 1.165) is 0 Å². The first-order chi connectivity index (χ1) is 4.22. The predicted molar refractivity (Wildman–Crippen MR) is 36.0 cm³/mol. The van der Waals surface area contributed by atoms with E-state index < -0.39 is 6.10 Å². The van der Waals surface area contributed by atoms with Crippen LogP contribution in [0.1, 0.15) is 6.42 Å². The van der Waals surface area contributed by atoms with Gasteiger partial charge in [0.25, 0.3) is 0 Å². The van der Waals surface area contributed by atoms with E-state index in [0.29, 0.717) is 12.7 Å². The van der Waals surface area contributed by atoms with Gasteiger partial charge in [-0.05, 0) is 6.42 Å². The molecule has 0 radical (unpaired) electrons. The minimum Gasteiger partial charge on any atom is -0.388 e. The Morgan fingerprint density at radius 1 is 1.78 bits per heavy atom. The molecule has 0 fully saturated rings. The molecule has 1 N–H and O–H groups in total. The third kappa shape index (κ3) is 2.82. The highest BCUT2D eigenvalue weighted by Crippen LogP contribution is 2.00. The molecule has 50 valence electrons. The van der Waals surface area contributed by atoms with E-state index >= 15 is 0 Å². The number of hydrogen-bond donors (Lipinski definition) is 1. The quantitative estimate of drug-likeness (QED) is 0.341. The molecule has 0 aromatic carbocycles. The van der Waals surface area contributed by atoms with Crippen LogP contribution in [0, 0.1) is 0 Å². The van der Waals surface area contributed by atoms with Gasteiger partial charge < -0.3 is 5.11 Å². The van der Waals surface area contributed by atoms with E-state index in [4.69, 9.17) is 5.11 Å². The zero-order chi connectivity index (χ0) is 7.28. The van der Waals surface area contributed by atoms with Crippen molar-refractivity contribution >= 4 is 6.29 Å². The first-order valence-electron chi connectivity index (χ1n) is 2.65. The lowest BCUT2D eigenvalue weighted by molar-refractivity contribution is -0.105. The summed E-state index contributed by atoms with van der Waals surface area (Å²) in [5.74, 6) is 0. The minimum absolute atomic E-state index is 0.204. The summed E-state index contributed by atoms with van der Waals surface area (Å²) in [5, 5.41) is 8.92. The molecule has 0 spiro atoms. The lowest BCUT2D eigenvalue weighted by atomic mass is 10.1. The van der Waals surface area contributed by atoms with Crippen molar-refractivity contribution in [2.24, 2.45) is 0 Å². The molecule has 0 aliphatic rings. The van der Waals surface area contributed by atoms with Gasteiger partial charge in [-0.25, -0.2) is 0 Å². The van der Waals surface area contributed by atoms with E-state index in [1.165, 1.54) is 0 Å². The van der Waals surface area contributed by atoms with Crippen LogP contribution in [0.15, 0.2) is 24.8 Å². The summed E-state index contributed by atoms with van der Waals surface area (Å²) < 4.78 is 0. The summed E-state index contributed by atoms with van der Waals surface area (Å²) >= 11 is 0. The van der Waals surface area contributed by atoms with E-state index in [2.05, 4.69) is 13.2 Å². The third-order valence-corrected chi connectivity index (χ3v) is 0.969. The van der Waals surface area contributed by atoms with Crippen LogP contribution in [-0.4, -0.2) is 17.5 Å². The highest BCUT2D eigenvalue weighted by Gasteiger charge is 2.03. The summed E-state index contributed by atoms with van der Waals surface area (Å²) in [6.45, 7) is 6.73. The highest BCUT2D eigenvalue weighted by molar-refractivity contribution is 5.73. The second kappa shape index (κ2) is 4.04. The molecular weight excluding hydrogens is 116 g/mol. The Morgan fingerprint density at radius 2 is 2.33 bits per heavy atom. The molecule has 0 unspecified atom stereocenters. The zero-order valence-corrected chi connectivity index (χ0v) is 5.21. The molecule has 0 aliphatic carbocycles. The highest BCUT2D eigenvalue weighted by atomic mass is 16.3. The van der Waals surface area contributed by atoms with Crippen molar-refractivity contribution in [1.82, 2.24) is 0 Å². The average Bonchev–Trinajstić information content (AvgIpc) is 1.87. The van der Waals surface area contributed by atoms with Crippen LogP contribution in [0.25, 0.3) is 0 Å². The molecule has 0 bridgehead atoms. The molecule has 0 heterocycles. The standard InChI is InChI=1S/C7H10O2/c1-3-4-7(9)6(2)5-8/h3,5,7,9H,1-2,4H2/t7-/m0/s1. The monoisotopic (exact) mass is 126 g/mol. The van der Waals surface area contributed by atoms with Crippen molar-refractivity contribution in [2.45, 2.75) is 12.5 Å². The second-order valence-electron chi connectivity index (χ2n) is 1.73. The molecule has 2 heteroatoms. The molecule has 0 rings (SSSR count). The molecular formula is C7H10O2. The zero-order valence-electron chi connectivity index (χ0n) is 5.21. The first-order valence-corrected chi connectivity index (χ1v) is 2.65. The van der Waals surface area contributed by atoms with E-state index in [1.807, 2.05) is 0 Å². The number of carbonyl (C=O) groups is 1. The SMILES string of the molecule is C=CC[C@H](O)C(=C)C=O. The summed E-state index contributed by atoms with van der Waals surface area (Å²) in [4.78, 5) is 9.93. The predicted octanol–water partition coefficient (Wildman–Crippen LogP) is 0.678. The van der Waals surface area contributed by atoms with Crippen LogP contribution >= 0.6 is 0 Å². The normalized spacial score (nSPS) is 12.1. The van der Waals surface area contributed by atoms with Crippen LogP contribution in [0.5, 0.6) is 0 Å². The van der Waals surface area contributed by atoms with Crippen molar-refractivity contribution in [3.05, 3.63) is 24.8 Å². The maximum atomic E-state index is 9.93. The summed E-state index contributed by atoms with van der Waals surface area (Å²) in [7, 11) is 0. The molecule has 0 saturated heterocycles. The molecule has 0 saturated carbocycles. The maximum Gasteiger partial charge on any atom is 0.148 e. The van der Waals surface area contributed by atoms with Crippen molar-refractivity contribution in [2.75, 3.05) is 0 Å². The van der Waals surface area contributed by atoms with Crippen molar-refractivity contribution in [3.8, 4) is 0 Å². The van der Waals surface area contributed by atoms with Crippen molar-refractivity contribution in [3.63, 3.8) is 0 Å². The lowest BCUT2D eigenvalue weighted by Crippen LogP contribution is -2.08. The van der Waals surface area contributed by atoms with Gasteiger partial charge >= 0.3 is 0 Å². The number of aliphatic hydroxyl groups excluding tert-OH is 1. The summed E-state index contributed by atoms with van der Waals surface area (Å²) in [6, 6.07) is 0. The fraction of sp³-hybridized carbons (Fsp3) is 0.286. The van der Waals surface area contributed by atoms with Gasteiger partial charge in [0.2, 0.25) is 0 Å². The van der Waals surface area contributed by atoms with Crippen LogP contribution in [0.4, 0.5) is 0 Å². The van der Waals surface area contributed by atoms with E-state index in [1.54, 1.807) is 6.08 Å².